The first kappa shape index (κ1) is 25.5. The molecule has 0 spiro atoms. The van der Waals surface area contributed by atoms with Crippen LogP contribution in [0.4, 0.5) is 13.2 Å². The summed E-state index contributed by atoms with van der Waals surface area (Å²) in [5.74, 6) is 0.396. The molecule has 0 aliphatic heterocycles. The van der Waals surface area contributed by atoms with Gasteiger partial charge in [0.1, 0.15) is 4.90 Å². The van der Waals surface area contributed by atoms with Crippen LogP contribution in [0.2, 0.25) is 0 Å². The van der Waals surface area contributed by atoms with E-state index in [1.54, 1.807) is 0 Å². The highest BCUT2D eigenvalue weighted by atomic mass is 127. The van der Waals surface area contributed by atoms with E-state index < -0.39 is 21.9 Å². The molecule has 0 aromatic carbocycles. The average Bonchev–Trinajstić information content (AvgIpc) is 3.14. The van der Waals surface area contributed by atoms with Crippen molar-refractivity contribution in [3.05, 3.63) is 40.6 Å². The molecule has 0 fully saturated rings. The van der Waals surface area contributed by atoms with E-state index >= 15 is 0 Å². The average molecular weight is 564 g/mol. The van der Waals surface area contributed by atoms with Gasteiger partial charge in [-0.2, -0.15) is 13.2 Å². The molecule has 8 nitrogen and oxygen atoms in total. The molecule has 14 heteroatoms. The van der Waals surface area contributed by atoms with Gasteiger partial charge in [0.05, 0.1) is 5.01 Å². The van der Waals surface area contributed by atoms with Gasteiger partial charge < -0.3 is 10.6 Å². The molecule has 2 heterocycles. The zero-order valence-electron chi connectivity index (χ0n) is 15.2. The van der Waals surface area contributed by atoms with E-state index in [2.05, 4.69) is 30.3 Å². The van der Waals surface area contributed by atoms with Crippen molar-refractivity contribution < 1.29 is 21.6 Å². The highest BCUT2D eigenvalue weighted by Crippen LogP contribution is 2.29. The van der Waals surface area contributed by atoms with Crippen molar-refractivity contribution in [2.24, 2.45) is 4.99 Å². The van der Waals surface area contributed by atoms with Crippen molar-refractivity contribution in [2.45, 2.75) is 17.5 Å². The van der Waals surface area contributed by atoms with Gasteiger partial charge in [-0.3, -0.25) is 9.98 Å². The van der Waals surface area contributed by atoms with Crippen LogP contribution in [0.15, 0.2) is 39.8 Å². The summed E-state index contributed by atoms with van der Waals surface area (Å²) in [7, 11) is -2.11. The number of aliphatic imine (C=N–C) groups is 1. The highest BCUT2D eigenvalue weighted by Gasteiger charge is 2.33. The van der Waals surface area contributed by atoms with Crippen LogP contribution in [0.3, 0.4) is 0 Å². The molecule has 0 saturated heterocycles. The molecule has 3 N–H and O–H groups in total. The third kappa shape index (κ3) is 8.39. The third-order valence-electron chi connectivity index (χ3n) is 3.35. The predicted molar refractivity (Wildman–Crippen MR) is 115 cm³/mol. The summed E-state index contributed by atoms with van der Waals surface area (Å²) in [6, 6.07) is 2.96. The Morgan fingerprint density at radius 2 is 1.97 bits per heavy atom. The van der Waals surface area contributed by atoms with E-state index in [0.717, 1.165) is 16.7 Å². The summed E-state index contributed by atoms with van der Waals surface area (Å²) in [4.78, 5) is 11.3. The molecule has 29 heavy (non-hydrogen) atoms. The minimum atomic E-state index is -4.44. The molecule has 0 aliphatic carbocycles. The van der Waals surface area contributed by atoms with Gasteiger partial charge >= 0.3 is 6.18 Å². The molecule has 0 radical (unpaired) electrons. The number of alkyl halides is 3. The van der Waals surface area contributed by atoms with Crippen molar-refractivity contribution >= 4 is 51.3 Å². The van der Waals surface area contributed by atoms with E-state index in [4.69, 9.17) is 0 Å². The summed E-state index contributed by atoms with van der Waals surface area (Å²) in [6.45, 7) is 0.694. The van der Waals surface area contributed by atoms with E-state index in [9.17, 15) is 21.6 Å². The Balaban J connectivity index is 0.00000420. The van der Waals surface area contributed by atoms with Gasteiger partial charge in [-0.15, -0.1) is 35.3 Å². The van der Waals surface area contributed by atoms with Gasteiger partial charge in [0.25, 0.3) is 0 Å². The topological polar surface area (TPSA) is 108 Å². The highest BCUT2D eigenvalue weighted by molar-refractivity contribution is 14.0. The number of rotatable bonds is 8. The number of hydrogen-bond donors (Lipinski definition) is 3. The minimum Gasteiger partial charge on any atom is -0.356 e. The van der Waals surface area contributed by atoms with Crippen LogP contribution in [0, 0.1) is 0 Å². The second kappa shape index (κ2) is 11.6. The van der Waals surface area contributed by atoms with Crippen LogP contribution in [0.5, 0.6) is 0 Å². The number of nitrogens with one attached hydrogen (secondary N) is 3. The first-order valence-corrected chi connectivity index (χ1v) is 10.4. The molecule has 2 aromatic rings. The second-order valence-electron chi connectivity index (χ2n) is 5.39. The summed E-state index contributed by atoms with van der Waals surface area (Å²) in [5, 5.41) is 7.18. The van der Waals surface area contributed by atoms with Gasteiger partial charge in [0, 0.05) is 50.9 Å². The monoisotopic (exact) mass is 564 g/mol. The number of halogens is 4. The second-order valence-corrected chi connectivity index (χ2v) is 8.10. The number of sulfonamides is 1. The van der Waals surface area contributed by atoms with Crippen LogP contribution in [0.25, 0.3) is 0 Å². The van der Waals surface area contributed by atoms with Gasteiger partial charge in [0.15, 0.2) is 11.7 Å². The Hall–Kier alpha value is -1.52. The zero-order valence-corrected chi connectivity index (χ0v) is 19.2. The lowest BCUT2D eigenvalue weighted by molar-refractivity contribution is -0.140. The van der Waals surface area contributed by atoms with Crippen LogP contribution >= 0.6 is 35.3 Å². The van der Waals surface area contributed by atoms with Crippen LogP contribution in [-0.4, -0.2) is 51.0 Å². The maximum absolute atomic E-state index is 12.5. The molecule has 0 amide bonds. The fourth-order valence-corrected chi connectivity index (χ4v) is 3.82. The van der Waals surface area contributed by atoms with Crippen molar-refractivity contribution in [2.75, 3.05) is 26.7 Å². The van der Waals surface area contributed by atoms with E-state index in [0.29, 0.717) is 23.9 Å². The smallest absolute Gasteiger partial charge is 0.356 e. The Morgan fingerprint density at radius 1 is 1.24 bits per heavy atom. The van der Waals surface area contributed by atoms with Gasteiger partial charge in [-0.1, -0.05) is 0 Å². The Morgan fingerprint density at radius 3 is 2.55 bits per heavy atom. The largest absolute Gasteiger partial charge is 0.434 e. The van der Waals surface area contributed by atoms with Crippen molar-refractivity contribution in [3.8, 4) is 0 Å². The van der Waals surface area contributed by atoms with Crippen molar-refractivity contribution in [1.29, 1.82) is 0 Å². The Kier molecular flexibility index (Phi) is 10.2. The van der Waals surface area contributed by atoms with Crippen LogP contribution in [-0.2, 0) is 22.6 Å². The molecule has 2 rings (SSSR count). The molecular formula is C15H20F3IN6O2S2. The molecule has 0 bridgehead atoms. The first-order valence-electron chi connectivity index (χ1n) is 8.08. The van der Waals surface area contributed by atoms with Crippen molar-refractivity contribution in [1.82, 2.24) is 25.3 Å². The van der Waals surface area contributed by atoms with E-state index in [1.165, 1.54) is 31.6 Å². The normalized spacial score (nSPS) is 12.3. The number of aromatic nitrogens is 2. The standard InChI is InChI=1S/C15H19F3N6O2S2.HI/c1-19-14(21-6-4-13-24-12(10-27-13)15(16,17)18)22-7-8-23-28(25,26)11-3-2-5-20-9-11;/h2-3,5,9-10,23H,4,6-8H2,1H3,(H2,19,21,22);1H. The van der Waals surface area contributed by atoms with Gasteiger partial charge in [-0.25, -0.2) is 18.1 Å². The molecule has 162 valence electrons. The quantitative estimate of drug-likeness (QED) is 0.196. The number of nitrogens with zero attached hydrogens (tertiary/aromatic N) is 3. The van der Waals surface area contributed by atoms with Gasteiger partial charge in [-0.05, 0) is 12.1 Å². The lowest BCUT2D eigenvalue weighted by Crippen LogP contribution is -2.42. The van der Waals surface area contributed by atoms with Crippen LogP contribution in [0.1, 0.15) is 10.7 Å². The maximum Gasteiger partial charge on any atom is 0.434 e. The maximum atomic E-state index is 12.5. The zero-order chi connectivity index (χ0) is 20.6. The third-order valence-corrected chi connectivity index (χ3v) is 5.71. The molecule has 0 atom stereocenters. The number of guanidine groups is 1. The fourth-order valence-electron chi connectivity index (χ4n) is 2.02. The number of hydrogen-bond acceptors (Lipinski definition) is 6. The number of thiazole rings is 1. The molecule has 0 saturated carbocycles. The number of pyridine rings is 1. The lowest BCUT2D eigenvalue weighted by Gasteiger charge is -2.12. The summed E-state index contributed by atoms with van der Waals surface area (Å²) in [5.41, 5.74) is -0.893. The SMILES string of the molecule is CN=C(NCCNS(=O)(=O)c1cccnc1)NCCc1nc(C(F)(F)F)cs1.I. The van der Waals surface area contributed by atoms with E-state index in [1.807, 2.05) is 0 Å². The molecule has 2 aromatic heterocycles. The molecule has 0 aliphatic rings. The van der Waals surface area contributed by atoms with Crippen molar-refractivity contribution in [3.63, 3.8) is 0 Å². The molecular weight excluding hydrogens is 544 g/mol. The lowest BCUT2D eigenvalue weighted by atomic mass is 10.4. The van der Waals surface area contributed by atoms with Gasteiger partial charge in [0.2, 0.25) is 10.0 Å². The Labute approximate surface area is 187 Å². The van der Waals surface area contributed by atoms with Crippen LogP contribution < -0.4 is 15.4 Å². The minimum absolute atomic E-state index is 0. The summed E-state index contributed by atoms with van der Waals surface area (Å²) in [6.07, 6.45) is -1.41. The summed E-state index contributed by atoms with van der Waals surface area (Å²) < 4.78 is 64.1. The predicted octanol–water partition coefficient (Wildman–Crippen LogP) is 1.86. The van der Waals surface area contributed by atoms with E-state index in [-0.39, 0.29) is 42.0 Å². The summed E-state index contributed by atoms with van der Waals surface area (Å²) >= 11 is 0.945. The Bertz CT molecular complexity index is 891. The first-order chi connectivity index (χ1) is 13.2. The molecule has 0 unspecified atom stereocenters. The fraction of sp³-hybridized carbons (Fsp3) is 0.400.